The summed E-state index contributed by atoms with van der Waals surface area (Å²) in [6.07, 6.45) is 6.46. The molecule has 0 aromatic heterocycles. The van der Waals surface area contributed by atoms with Crippen LogP contribution in [0.25, 0.3) is 5.57 Å². The standard InChI is InChI=1S/C28H30N2O6/c1-5-9-29(10-6-2)19-13-17(31)15-21(33)23(19)25-27(35)26(28(25)36)24-20(14-18(32)16-22(24)34)30(11-7-3)12-8-4/h5-8,13-16,25,31-35H,1-4,9-12H2. The number of carbonyl (C=O) groups excluding carboxylic acids is 1. The molecular weight excluding hydrogens is 460 g/mol. The normalized spacial score (nSPS) is 14.7. The first-order valence-corrected chi connectivity index (χ1v) is 11.2. The third kappa shape index (κ3) is 4.65. The third-order valence-electron chi connectivity index (χ3n) is 5.86. The van der Waals surface area contributed by atoms with Crippen LogP contribution >= 0.6 is 0 Å². The topological polar surface area (TPSA) is 125 Å². The molecule has 0 fully saturated rings. The Hall–Kier alpha value is -4.59. The number of aromatic hydroxyl groups is 4. The monoisotopic (exact) mass is 490 g/mol. The molecule has 1 aliphatic rings. The highest BCUT2D eigenvalue weighted by atomic mass is 16.3. The molecular formula is C28H30N2O6. The maximum Gasteiger partial charge on any atom is 0.182 e. The van der Waals surface area contributed by atoms with Crippen molar-refractivity contribution < 1.29 is 30.3 Å². The summed E-state index contributed by atoms with van der Waals surface area (Å²) in [6, 6.07) is 4.94. The third-order valence-corrected chi connectivity index (χ3v) is 5.86. The Balaban J connectivity index is 2.22. The highest BCUT2D eigenvalue weighted by Crippen LogP contribution is 2.53. The summed E-state index contributed by atoms with van der Waals surface area (Å²) < 4.78 is 0. The molecule has 0 heterocycles. The van der Waals surface area contributed by atoms with Crippen LogP contribution in [-0.2, 0) is 4.79 Å². The fraction of sp³-hybridized carbons (Fsp3) is 0.179. The first-order valence-electron chi connectivity index (χ1n) is 11.2. The zero-order valence-corrected chi connectivity index (χ0v) is 19.9. The SMILES string of the molecule is C=CCN(CC=C)c1cc(O)cc(O)c1C1=C(O)C(c2c(O)cc(O)cc2N(CC=C)CC=C)C1=O. The van der Waals surface area contributed by atoms with Gasteiger partial charge in [0.1, 0.15) is 34.7 Å². The van der Waals surface area contributed by atoms with Crippen LogP contribution in [0.4, 0.5) is 11.4 Å². The van der Waals surface area contributed by atoms with Gasteiger partial charge in [-0.25, -0.2) is 0 Å². The predicted molar refractivity (Wildman–Crippen MR) is 142 cm³/mol. The molecule has 188 valence electrons. The average molecular weight is 491 g/mol. The van der Waals surface area contributed by atoms with E-state index in [1.165, 1.54) is 12.1 Å². The van der Waals surface area contributed by atoms with Crippen LogP contribution in [0, 0.1) is 0 Å². The largest absolute Gasteiger partial charge is 0.510 e. The van der Waals surface area contributed by atoms with E-state index in [1.807, 2.05) is 0 Å². The van der Waals surface area contributed by atoms with Gasteiger partial charge in [-0.1, -0.05) is 24.3 Å². The van der Waals surface area contributed by atoms with Gasteiger partial charge in [0.2, 0.25) is 0 Å². The lowest BCUT2D eigenvalue weighted by Crippen LogP contribution is -2.33. The van der Waals surface area contributed by atoms with Crippen LogP contribution in [0.2, 0.25) is 0 Å². The van der Waals surface area contributed by atoms with Crippen LogP contribution in [-0.4, -0.2) is 57.5 Å². The summed E-state index contributed by atoms with van der Waals surface area (Å²) in [4.78, 5) is 17.0. The number of phenols is 4. The van der Waals surface area contributed by atoms with Gasteiger partial charge >= 0.3 is 0 Å². The molecule has 2 aromatic carbocycles. The van der Waals surface area contributed by atoms with Crippen molar-refractivity contribution in [3.63, 3.8) is 0 Å². The number of aliphatic hydroxyl groups excluding tert-OH is 1. The van der Waals surface area contributed by atoms with E-state index >= 15 is 0 Å². The smallest absolute Gasteiger partial charge is 0.182 e. The second-order valence-electron chi connectivity index (χ2n) is 8.28. The molecule has 3 rings (SSSR count). The molecule has 2 aromatic rings. The zero-order chi connectivity index (χ0) is 26.6. The second kappa shape index (κ2) is 10.8. The fourth-order valence-corrected chi connectivity index (χ4v) is 4.42. The zero-order valence-electron chi connectivity index (χ0n) is 19.9. The number of rotatable bonds is 12. The number of hydrogen-bond acceptors (Lipinski definition) is 8. The van der Waals surface area contributed by atoms with Crippen molar-refractivity contribution in [1.82, 2.24) is 0 Å². The molecule has 0 radical (unpaired) electrons. The highest BCUT2D eigenvalue weighted by Gasteiger charge is 2.46. The van der Waals surface area contributed by atoms with Crippen molar-refractivity contribution in [3.05, 3.63) is 91.8 Å². The lowest BCUT2D eigenvalue weighted by Gasteiger charge is -2.35. The Morgan fingerprint density at radius 2 is 1.14 bits per heavy atom. The molecule has 8 nitrogen and oxygen atoms in total. The molecule has 0 amide bonds. The van der Waals surface area contributed by atoms with E-state index in [-0.39, 0.29) is 39.7 Å². The van der Waals surface area contributed by atoms with Gasteiger partial charge in [-0.05, 0) is 0 Å². The van der Waals surface area contributed by atoms with Crippen molar-refractivity contribution in [2.45, 2.75) is 5.92 Å². The van der Waals surface area contributed by atoms with Crippen molar-refractivity contribution in [1.29, 1.82) is 0 Å². The number of phenolic OH excluding ortho intramolecular Hbond substituents is 4. The number of allylic oxidation sites excluding steroid dienone is 2. The van der Waals surface area contributed by atoms with Crippen molar-refractivity contribution >= 4 is 22.7 Å². The minimum Gasteiger partial charge on any atom is -0.510 e. The van der Waals surface area contributed by atoms with E-state index in [0.29, 0.717) is 37.6 Å². The molecule has 36 heavy (non-hydrogen) atoms. The highest BCUT2D eigenvalue weighted by molar-refractivity contribution is 6.34. The van der Waals surface area contributed by atoms with Crippen molar-refractivity contribution in [3.8, 4) is 23.0 Å². The summed E-state index contributed by atoms with van der Waals surface area (Å²) in [5, 5.41) is 52.8. The van der Waals surface area contributed by atoms with Gasteiger partial charge in [0.25, 0.3) is 0 Å². The minimum absolute atomic E-state index is 0.0455. The summed E-state index contributed by atoms with van der Waals surface area (Å²) in [7, 11) is 0. The summed E-state index contributed by atoms with van der Waals surface area (Å²) in [6.45, 7) is 16.2. The molecule has 0 spiro atoms. The number of nitrogens with zero attached hydrogens (tertiary/aromatic N) is 2. The Morgan fingerprint density at radius 1 is 0.694 bits per heavy atom. The number of Topliss-reactive ketones (excluding diaryl/α,β-unsaturated/α-hetero) is 1. The van der Waals surface area contributed by atoms with Gasteiger partial charge in [-0.15, -0.1) is 26.3 Å². The first kappa shape index (κ1) is 26.0. The van der Waals surface area contributed by atoms with E-state index in [2.05, 4.69) is 26.3 Å². The lowest BCUT2D eigenvalue weighted by molar-refractivity contribution is -0.116. The number of benzene rings is 2. The van der Waals surface area contributed by atoms with Gasteiger partial charge in [0.05, 0.1) is 16.8 Å². The van der Waals surface area contributed by atoms with Gasteiger partial charge in [-0.3, -0.25) is 4.79 Å². The molecule has 0 aliphatic heterocycles. The van der Waals surface area contributed by atoms with Crippen LogP contribution in [0.1, 0.15) is 17.0 Å². The second-order valence-corrected chi connectivity index (χ2v) is 8.28. The molecule has 8 heteroatoms. The Bertz CT molecular complexity index is 1240. The lowest BCUT2D eigenvalue weighted by atomic mass is 9.73. The number of aliphatic hydroxyl groups is 1. The Morgan fingerprint density at radius 3 is 1.61 bits per heavy atom. The van der Waals surface area contributed by atoms with E-state index in [0.717, 1.165) is 12.1 Å². The fourth-order valence-electron chi connectivity index (χ4n) is 4.42. The summed E-state index contributed by atoms with van der Waals surface area (Å²) in [5.74, 6) is -3.36. The molecule has 1 unspecified atom stereocenters. The minimum atomic E-state index is -1.24. The molecule has 5 N–H and O–H groups in total. The molecule has 0 saturated carbocycles. The quantitative estimate of drug-likeness (QED) is 0.276. The van der Waals surface area contributed by atoms with E-state index in [1.54, 1.807) is 34.1 Å². The summed E-state index contributed by atoms with van der Waals surface area (Å²) >= 11 is 0. The number of carbonyl (C=O) groups is 1. The Labute approximate surface area is 210 Å². The van der Waals surface area contributed by atoms with Crippen LogP contribution in [0.5, 0.6) is 23.0 Å². The first-order chi connectivity index (χ1) is 17.2. The van der Waals surface area contributed by atoms with Crippen molar-refractivity contribution in [2.75, 3.05) is 36.0 Å². The summed E-state index contributed by atoms with van der Waals surface area (Å²) in [5.41, 5.74) is 0.644. The van der Waals surface area contributed by atoms with E-state index in [9.17, 15) is 30.3 Å². The van der Waals surface area contributed by atoms with E-state index in [4.69, 9.17) is 0 Å². The van der Waals surface area contributed by atoms with Crippen LogP contribution < -0.4 is 9.80 Å². The number of hydrogen-bond donors (Lipinski definition) is 5. The molecule has 0 saturated heterocycles. The van der Waals surface area contributed by atoms with Gasteiger partial charge in [0, 0.05) is 61.7 Å². The van der Waals surface area contributed by atoms with E-state index < -0.39 is 17.5 Å². The van der Waals surface area contributed by atoms with Crippen LogP contribution in [0.15, 0.2) is 80.6 Å². The van der Waals surface area contributed by atoms with Gasteiger partial charge < -0.3 is 35.3 Å². The molecule has 0 bridgehead atoms. The molecule has 1 atom stereocenters. The molecule has 1 aliphatic carbocycles. The average Bonchev–Trinajstić information content (AvgIpc) is 2.81. The maximum atomic E-state index is 13.5. The van der Waals surface area contributed by atoms with Gasteiger partial charge in [-0.2, -0.15) is 0 Å². The predicted octanol–water partition coefficient (Wildman–Crippen LogP) is 4.50. The number of ketones is 1. The van der Waals surface area contributed by atoms with Crippen LogP contribution in [0.3, 0.4) is 0 Å². The maximum absolute atomic E-state index is 13.5. The Kier molecular flexibility index (Phi) is 7.79. The van der Waals surface area contributed by atoms with Gasteiger partial charge in [0.15, 0.2) is 5.78 Å². The van der Waals surface area contributed by atoms with Crippen molar-refractivity contribution in [2.24, 2.45) is 0 Å². The number of anilines is 2.